The lowest BCUT2D eigenvalue weighted by Gasteiger charge is -2.08. The summed E-state index contributed by atoms with van der Waals surface area (Å²) in [6.45, 7) is 4.44. The van der Waals surface area contributed by atoms with Crippen molar-refractivity contribution in [3.8, 4) is 5.69 Å². The van der Waals surface area contributed by atoms with Gasteiger partial charge in [-0.2, -0.15) is 0 Å². The van der Waals surface area contributed by atoms with Gasteiger partial charge in [0.25, 0.3) is 17.5 Å². The molecule has 0 unspecified atom stereocenters. The van der Waals surface area contributed by atoms with Crippen LogP contribution in [0.25, 0.3) is 5.69 Å². The highest BCUT2D eigenvalue weighted by Gasteiger charge is 2.18. The molecule has 3 aromatic rings. The lowest BCUT2D eigenvalue weighted by atomic mass is 10.1. The van der Waals surface area contributed by atoms with Crippen LogP contribution < -0.4 is 10.6 Å². The third-order valence-corrected chi connectivity index (χ3v) is 4.57. The number of amides is 2. The minimum atomic E-state index is -0.500. The number of carbonyl (C=O) groups excluding carboxylic acids is 2. The number of nitrogens with zero attached hydrogens (tertiary/aromatic N) is 4. The van der Waals surface area contributed by atoms with E-state index in [1.165, 1.54) is 22.9 Å². The molecule has 10 heteroatoms. The molecule has 31 heavy (non-hydrogen) atoms. The number of carbonyl (C=O) groups is 2. The van der Waals surface area contributed by atoms with Crippen LogP contribution in [0.5, 0.6) is 0 Å². The Hall–Kier alpha value is -4.08. The molecule has 10 nitrogen and oxygen atoms in total. The Morgan fingerprint density at radius 3 is 2.61 bits per heavy atom. The molecule has 0 saturated carbocycles. The molecule has 0 bridgehead atoms. The van der Waals surface area contributed by atoms with Gasteiger partial charge in [-0.25, -0.2) is 4.68 Å². The number of nitrogens with one attached hydrogen (secondary N) is 2. The molecular weight excluding hydrogens is 400 g/mol. The second-order valence-electron chi connectivity index (χ2n) is 6.85. The van der Waals surface area contributed by atoms with E-state index >= 15 is 0 Å². The Balaban J connectivity index is 1.70. The molecular formula is C21H22N6O4. The van der Waals surface area contributed by atoms with Crippen LogP contribution in [0.4, 0.5) is 5.69 Å². The van der Waals surface area contributed by atoms with Crippen LogP contribution in [-0.4, -0.2) is 38.3 Å². The standard InChI is InChI=1S/C21H22N6O4/c1-3-10-22-20(28)16-7-4-6-15(11-16)13-23-21(29)19-14(2)26(25-24-19)17-8-5-9-18(12-17)27(30)31/h4-9,11-12H,3,10,13H2,1-2H3,(H,22,28)(H,23,29). The van der Waals surface area contributed by atoms with Gasteiger partial charge in [0, 0.05) is 30.8 Å². The van der Waals surface area contributed by atoms with Gasteiger partial charge in [-0.3, -0.25) is 19.7 Å². The van der Waals surface area contributed by atoms with Crippen LogP contribution in [0.2, 0.25) is 0 Å². The summed E-state index contributed by atoms with van der Waals surface area (Å²) in [6, 6.07) is 12.9. The summed E-state index contributed by atoms with van der Waals surface area (Å²) in [4.78, 5) is 35.2. The van der Waals surface area contributed by atoms with Crippen molar-refractivity contribution in [2.75, 3.05) is 6.54 Å². The average molecular weight is 422 g/mol. The lowest BCUT2D eigenvalue weighted by molar-refractivity contribution is -0.384. The van der Waals surface area contributed by atoms with E-state index < -0.39 is 10.8 Å². The number of aromatic nitrogens is 3. The van der Waals surface area contributed by atoms with Gasteiger partial charge in [-0.05, 0) is 37.1 Å². The van der Waals surface area contributed by atoms with Gasteiger partial charge in [0.2, 0.25) is 0 Å². The molecule has 160 valence electrons. The number of hydrogen-bond donors (Lipinski definition) is 2. The van der Waals surface area contributed by atoms with E-state index in [9.17, 15) is 19.7 Å². The molecule has 0 fully saturated rings. The van der Waals surface area contributed by atoms with E-state index in [4.69, 9.17) is 0 Å². The highest BCUT2D eigenvalue weighted by molar-refractivity contribution is 5.94. The zero-order chi connectivity index (χ0) is 22.4. The second kappa shape index (κ2) is 9.61. The van der Waals surface area contributed by atoms with Gasteiger partial charge < -0.3 is 10.6 Å². The molecule has 0 radical (unpaired) electrons. The number of hydrogen-bond acceptors (Lipinski definition) is 6. The highest BCUT2D eigenvalue weighted by atomic mass is 16.6. The van der Waals surface area contributed by atoms with Gasteiger partial charge in [-0.15, -0.1) is 5.10 Å². The fourth-order valence-corrected chi connectivity index (χ4v) is 2.95. The molecule has 0 aliphatic heterocycles. The summed E-state index contributed by atoms with van der Waals surface area (Å²) in [5.74, 6) is -0.596. The number of non-ortho nitro benzene ring substituents is 1. The zero-order valence-corrected chi connectivity index (χ0v) is 17.2. The summed E-state index contributed by atoms with van der Waals surface area (Å²) in [5, 5.41) is 24.5. The first kappa shape index (κ1) is 21.6. The van der Waals surface area contributed by atoms with Crippen LogP contribution in [-0.2, 0) is 6.54 Å². The summed E-state index contributed by atoms with van der Waals surface area (Å²) < 4.78 is 1.38. The fraction of sp³-hybridized carbons (Fsp3) is 0.238. The molecule has 3 rings (SSSR count). The SMILES string of the molecule is CCCNC(=O)c1cccc(CNC(=O)c2nnn(-c3cccc([N+](=O)[O-])c3)c2C)c1. The third kappa shape index (κ3) is 5.10. The summed E-state index contributed by atoms with van der Waals surface area (Å²) in [5.41, 5.74) is 2.20. The van der Waals surface area contributed by atoms with Crippen LogP contribution in [0, 0.1) is 17.0 Å². The normalized spacial score (nSPS) is 10.5. The van der Waals surface area contributed by atoms with Crippen LogP contribution in [0.15, 0.2) is 48.5 Å². The van der Waals surface area contributed by atoms with Crippen molar-refractivity contribution in [1.29, 1.82) is 0 Å². The first-order chi connectivity index (χ1) is 14.9. The van der Waals surface area contributed by atoms with E-state index in [-0.39, 0.29) is 23.8 Å². The maximum absolute atomic E-state index is 12.6. The second-order valence-corrected chi connectivity index (χ2v) is 6.85. The number of nitro groups is 1. The predicted molar refractivity (Wildman–Crippen MR) is 113 cm³/mol. The monoisotopic (exact) mass is 422 g/mol. The minimum absolute atomic E-state index is 0.0822. The molecule has 1 aromatic heterocycles. The number of rotatable bonds is 8. The molecule has 0 aliphatic carbocycles. The van der Waals surface area contributed by atoms with Crippen molar-refractivity contribution in [2.45, 2.75) is 26.8 Å². The summed E-state index contributed by atoms with van der Waals surface area (Å²) in [7, 11) is 0. The maximum Gasteiger partial charge on any atom is 0.274 e. The Bertz CT molecular complexity index is 1120. The maximum atomic E-state index is 12.6. The molecule has 2 aromatic carbocycles. The van der Waals surface area contributed by atoms with Gasteiger partial charge in [0.05, 0.1) is 16.3 Å². The topological polar surface area (TPSA) is 132 Å². The predicted octanol–water partition coefficient (Wildman–Crippen LogP) is 2.55. The van der Waals surface area contributed by atoms with Crippen molar-refractivity contribution < 1.29 is 14.5 Å². The largest absolute Gasteiger partial charge is 0.352 e. The first-order valence-corrected chi connectivity index (χ1v) is 9.73. The summed E-state index contributed by atoms with van der Waals surface area (Å²) >= 11 is 0. The van der Waals surface area contributed by atoms with E-state index in [1.54, 1.807) is 31.2 Å². The van der Waals surface area contributed by atoms with E-state index in [2.05, 4.69) is 20.9 Å². The Morgan fingerprint density at radius 1 is 1.10 bits per heavy atom. The smallest absolute Gasteiger partial charge is 0.274 e. The van der Waals surface area contributed by atoms with Crippen molar-refractivity contribution in [3.05, 3.63) is 81.2 Å². The van der Waals surface area contributed by atoms with E-state index in [0.29, 0.717) is 23.5 Å². The fourth-order valence-electron chi connectivity index (χ4n) is 2.95. The van der Waals surface area contributed by atoms with Gasteiger partial charge in [0.15, 0.2) is 5.69 Å². The lowest BCUT2D eigenvalue weighted by Crippen LogP contribution is -2.25. The van der Waals surface area contributed by atoms with E-state index in [1.807, 2.05) is 13.0 Å². The first-order valence-electron chi connectivity index (χ1n) is 9.73. The van der Waals surface area contributed by atoms with Crippen molar-refractivity contribution in [1.82, 2.24) is 25.6 Å². The molecule has 0 spiro atoms. The Labute approximate surface area is 178 Å². The van der Waals surface area contributed by atoms with E-state index in [0.717, 1.165) is 12.0 Å². The average Bonchev–Trinajstić information content (AvgIpc) is 3.17. The quantitative estimate of drug-likeness (QED) is 0.423. The molecule has 0 saturated heterocycles. The van der Waals surface area contributed by atoms with Gasteiger partial charge >= 0.3 is 0 Å². The third-order valence-electron chi connectivity index (χ3n) is 4.57. The zero-order valence-electron chi connectivity index (χ0n) is 17.2. The van der Waals surface area contributed by atoms with Crippen LogP contribution >= 0.6 is 0 Å². The Morgan fingerprint density at radius 2 is 1.87 bits per heavy atom. The van der Waals surface area contributed by atoms with Crippen LogP contribution in [0.3, 0.4) is 0 Å². The summed E-state index contributed by atoms with van der Waals surface area (Å²) in [6.07, 6.45) is 0.845. The van der Waals surface area contributed by atoms with Gasteiger partial charge in [0.1, 0.15) is 0 Å². The van der Waals surface area contributed by atoms with Crippen molar-refractivity contribution >= 4 is 17.5 Å². The molecule has 0 atom stereocenters. The number of nitro benzene ring substituents is 1. The van der Waals surface area contributed by atoms with Crippen molar-refractivity contribution in [2.24, 2.45) is 0 Å². The Kier molecular flexibility index (Phi) is 6.71. The molecule has 1 heterocycles. The minimum Gasteiger partial charge on any atom is -0.352 e. The van der Waals surface area contributed by atoms with Crippen molar-refractivity contribution in [3.63, 3.8) is 0 Å². The number of benzene rings is 2. The molecule has 2 amide bonds. The van der Waals surface area contributed by atoms with Crippen LogP contribution in [0.1, 0.15) is 45.4 Å². The molecule has 0 aliphatic rings. The van der Waals surface area contributed by atoms with Gasteiger partial charge in [-0.1, -0.05) is 30.3 Å². The highest BCUT2D eigenvalue weighted by Crippen LogP contribution is 2.18. The molecule has 2 N–H and O–H groups in total.